The molecule has 1 aromatic rings. The molecule has 2 rings (SSSR count). The molecule has 0 unspecified atom stereocenters. The molecule has 1 N–H and O–H groups in total. The second kappa shape index (κ2) is 5.97. The highest BCUT2D eigenvalue weighted by Gasteiger charge is 2.25. The van der Waals surface area contributed by atoms with Crippen molar-refractivity contribution >= 4 is 0 Å². The molecule has 16 heavy (non-hydrogen) atoms. The first-order valence-electron chi connectivity index (χ1n) is 6.17. The summed E-state index contributed by atoms with van der Waals surface area (Å²) in [6.45, 7) is 3.27. The maximum Gasteiger partial charge on any atom is 0.0416 e. The van der Waals surface area contributed by atoms with Crippen molar-refractivity contribution in [3.05, 3.63) is 30.1 Å². The molecule has 1 fully saturated rings. The van der Waals surface area contributed by atoms with Crippen LogP contribution in [0, 0.1) is 0 Å². The van der Waals surface area contributed by atoms with Crippen LogP contribution in [-0.2, 0) is 6.42 Å². The van der Waals surface area contributed by atoms with Crippen LogP contribution in [0.4, 0.5) is 0 Å². The van der Waals surface area contributed by atoms with Crippen molar-refractivity contribution in [3.63, 3.8) is 0 Å². The van der Waals surface area contributed by atoms with Gasteiger partial charge in [0.25, 0.3) is 0 Å². The summed E-state index contributed by atoms with van der Waals surface area (Å²) in [5, 5.41) is 3.47. The van der Waals surface area contributed by atoms with E-state index in [4.69, 9.17) is 0 Å². The Morgan fingerprint density at radius 2 is 2.25 bits per heavy atom. The molecule has 1 saturated carbocycles. The van der Waals surface area contributed by atoms with Crippen LogP contribution in [0.15, 0.2) is 24.4 Å². The lowest BCUT2D eigenvalue weighted by Gasteiger charge is -2.15. The summed E-state index contributed by atoms with van der Waals surface area (Å²) in [5.74, 6) is 0. The van der Waals surface area contributed by atoms with Gasteiger partial charge in [-0.25, -0.2) is 0 Å². The van der Waals surface area contributed by atoms with E-state index in [1.807, 2.05) is 18.3 Å². The highest BCUT2D eigenvalue weighted by atomic mass is 15.2. The lowest BCUT2D eigenvalue weighted by atomic mass is 10.3. The van der Waals surface area contributed by atoms with Crippen LogP contribution in [0.1, 0.15) is 18.5 Å². The molecule has 3 nitrogen and oxygen atoms in total. The predicted octanol–water partition coefficient (Wildman–Crippen LogP) is 1.31. The van der Waals surface area contributed by atoms with Crippen LogP contribution in [-0.4, -0.2) is 42.6 Å². The van der Waals surface area contributed by atoms with Crippen LogP contribution in [0.25, 0.3) is 0 Å². The van der Waals surface area contributed by atoms with Gasteiger partial charge < -0.3 is 10.2 Å². The van der Waals surface area contributed by atoms with Crippen LogP contribution in [0.2, 0.25) is 0 Å². The number of hydrogen-bond acceptors (Lipinski definition) is 3. The molecule has 88 valence electrons. The van der Waals surface area contributed by atoms with Gasteiger partial charge in [-0.05, 0) is 32.0 Å². The number of aromatic nitrogens is 1. The number of likely N-dealkylation sites (N-methyl/N-ethyl adjacent to an activating group) is 1. The van der Waals surface area contributed by atoms with E-state index in [9.17, 15) is 0 Å². The Labute approximate surface area is 97.9 Å². The summed E-state index contributed by atoms with van der Waals surface area (Å²) in [5.41, 5.74) is 1.17. The minimum Gasteiger partial charge on any atom is -0.315 e. The molecule has 0 aromatic carbocycles. The second-order valence-electron chi connectivity index (χ2n) is 4.53. The van der Waals surface area contributed by atoms with Crippen LogP contribution < -0.4 is 5.32 Å². The van der Waals surface area contributed by atoms with E-state index in [0.717, 1.165) is 32.1 Å². The van der Waals surface area contributed by atoms with Gasteiger partial charge in [0.05, 0.1) is 0 Å². The first-order chi connectivity index (χ1) is 7.86. The Balaban J connectivity index is 1.52. The third kappa shape index (κ3) is 3.91. The quantitative estimate of drug-likeness (QED) is 0.701. The normalized spacial score (nSPS) is 15.6. The monoisotopic (exact) mass is 219 g/mol. The molecule has 1 heterocycles. The number of hydrogen-bond donors (Lipinski definition) is 1. The summed E-state index contributed by atoms with van der Waals surface area (Å²) < 4.78 is 0. The van der Waals surface area contributed by atoms with Gasteiger partial charge in [0.15, 0.2) is 0 Å². The fourth-order valence-corrected chi connectivity index (χ4v) is 1.84. The highest BCUT2D eigenvalue weighted by Crippen LogP contribution is 2.24. The predicted molar refractivity (Wildman–Crippen MR) is 66.5 cm³/mol. The molecular formula is C13H21N3. The van der Waals surface area contributed by atoms with Gasteiger partial charge in [-0.2, -0.15) is 0 Å². The molecule has 0 atom stereocenters. The Bertz CT molecular complexity index is 295. The molecule has 1 aliphatic carbocycles. The second-order valence-corrected chi connectivity index (χ2v) is 4.53. The van der Waals surface area contributed by atoms with Gasteiger partial charge in [0.1, 0.15) is 0 Å². The van der Waals surface area contributed by atoms with Crippen LogP contribution in [0.5, 0.6) is 0 Å². The van der Waals surface area contributed by atoms with E-state index in [1.165, 1.54) is 18.5 Å². The lowest BCUT2D eigenvalue weighted by molar-refractivity contribution is 0.322. The van der Waals surface area contributed by atoms with E-state index >= 15 is 0 Å². The third-order valence-corrected chi connectivity index (χ3v) is 3.10. The van der Waals surface area contributed by atoms with E-state index in [1.54, 1.807) is 0 Å². The van der Waals surface area contributed by atoms with Crippen molar-refractivity contribution < 1.29 is 0 Å². The highest BCUT2D eigenvalue weighted by molar-refractivity contribution is 5.03. The smallest absolute Gasteiger partial charge is 0.0416 e. The Morgan fingerprint density at radius 3 is 2.94 bits per heavy atom. The van der Waals surface area contributed by atoms with Crippen LogP contribution in [0.3, 0.4) is 0 Å². The van der Waals surface area contributed by atoms with E-state index < -0.39 is 0 Å². The Hall–Kier alpha value is -0.930. The fourth-order valence-electron chi connectivity index (χ4n) is 1.84. The summed E-state index contributed by atoms with van der Waals surface area (Å²) in [6.07, 6.45) is 5.67. The molecule has 0 amide bonds. The third-order valence-electron chi connectivity index (χ3n) is 3.10. The molecule has 0 saturated heterocycles. The topological polar surface area (TPSA) is 28.2 Å². The molecule has 0 bridgehead atoms. The Morgan fingerprint density at radius 1 is 1.38 bits per heavy atom. The zero-order chi connectivity index (χ0) is 11.2. The van der Waals surface area contributed by atoms with Crippen LogP contribution >= 0.6 is 0 Å². The number of nitrogens with one attached hydrogen (secondary N) is 1. The molecular weight excluding hydrogens is 198 g/mol. The first kappa shape index (κ1) is 11.6. The maximum atomic E-state index is 4.30. The van der Waals surface area contributed by atoms with E-state index in [0.29, 0.717) is 0 Å². The SMILES string of the molecule is CN(CCNCCc1ccccn1)C1CC1. The minimum absolute atomic E-state index is 0.873. The van der Waals surface area contributed by atoms with Gasteiger partial charge in [-0.3, -0.25) is 4.98 Å². The number of nitrogens with zero attached hydrogens (tertiary/aromatic N) is 2. The number of pyridine rings is 1. The van der Waals surface area contributed by atoms with Crippen molar-refractivity contribution in [2.45, 2.75) is 25.3 Å². The summed E-state index contributed by atoms with van der Waals surface area (Å²) >= 11 is 0. The Kier molecular flexibility index (Phi) is 4.31. The number of rotatable bonds is 7. The molecule has 0 spiro atoms. The molecule has 1 aliphatic rings. The molecule has 0 radical (unpaired) electrons. The lowest BCUT2D eigenvalue weighted by Crippen LogP contribution is -2.31. The first-order valence-corrected chi connectivity index (χ1v) is 6.17. The van der Waals surface area contributed by atoms with E-state index in [-0.39, 0.29) is 0 Å². The fraction of sp³-hybridized carbons (Fsp3) is 0.615. The van der Waals surface area contributed by atoms with Crippen molar-refractivity contribution in [1.82, 2.24) is 15.2 Å². The maximum absolute atomic E-state index is 4.30. The summed E-state index contributed by atoms with van der Waals surface area (Å²) in [6, 6.07) is 6.96. The van der Waals surface area contributed by atoms with E-state index in [2.05, 4.69) is 28.3 Å². The zero-order valence-corrected chi connectivity index (χ0v) is 10.0. The molecule has 1 aromatic heterocycles. The summed E-state index contributed by atoms with van der Waals surface area (Å²) in [7, 11) is 2.22. The van der Waals surface area contributed by atoms with Crippen molar-refractivity contribution in [3.8, 4) is 0 Å². The average Bonchev–Trinajstić information content (AvgIpc) is 3.13. The zero-order valence-electron chi connectivity index (χ0n) is 10.0. The van der Waals surface area contributed by atoms with Crippen molar-refractivity contribution in [2.75, 3.05) is 26.7 Å². The van der Waals surface area contributed by atoms with Gasteiger partial charge in [-0.1, -0.05) is 6.07 Å². The molecule has 3 heteroatoms. The van der Waals surface area contributed by atoms with Gasteiger partial charge in [0.2, 0.25) is 0 Å². The van der Waals surface area contributed by atoms with Crippen molar-refractivity contribution in [2.24, 2.45) is 0 Å². The minimum atomic E-state index is 0.873. The van der Waals surface area contributed by atoms with Gasteiger partial charge in [0, 0.05) is 44.0 Å². The van der Waals surface area contributed by atoms with Crippen molar-refractivity contribution in [1.29, 1.82) is 0 Å². The largest absolute Gasteiger partial charge is 0.315 e. The van der Waals surface area contributed by atoms with Gasteiger partial charge >= 0.3 is 0 Å². The average molecular weight is 219 g/mol. The standard InChI is InChI=1S/C13H21N3/c1-16(13-5-6-13)11-10-14-9-7-12-4-2-3-8-15-12/h2-4,8,13-14H,5-7,9-11H2,1H3. The summed E-state index contributed by atoms with van der Waals surface area (Å²) in [4.78, 5) is 6.75. The van der Waals surface area contributed by atoms with Gasteiger partial charge in [-0.15, -0.1) is 0 Å². The molecule has 0 aliphatic heterocycles.